The first-order chi connectivity index (χ1) is 12.1. The van der Waals surface area contributed by atoms with E-state index < -0.39 is 6.09 Å². The predicted molar refractivity (Wildman–Crippen MR) is 105 cm³/mol. The van der Waals surface area contributed by atoms with E-state index in [1.807, 2.05) is 41.1 Å². The minimum absolute atomic E-state index is 0.106. The van der Waals surface area contributed by atoms with E-state index in [1.54, 1.807) is 5.01 Å². The number of amides is 2. The van der Waals surface area contributed by atoms with E-state index >= 15 is 0 Å². The molecule has 0 radical (unpaired) electrons. The lowest BCUT2D eigenvalue weighted by Crippen LogP contribution is -2.46. The average molecular weight is 368 g/mol. The van der Waals surface area contributed by atoms with Crippen LogP contribution in [0.15, 0.2) is 5.10 Å². The van der Waals surface area contributed by atoms with Gasteiger partial charge in [0.05, 0.1) is 6.04 Å². The fraction of sp³-hybridized carbons (Fsp3) is 0.850. The highest BCUT2D eigenvalue weighted by Crippen LogP contribution is 2.31. The minimum atomic E-state index is -0.494. The Hall–Kier alpha value is -1.59. The van der Waals surface area contributed by atoms with Gasteiger partial charge in [0.2, 0.25) is 5.91 Å². The fourth-order valence-electron chi connectivity index (χ4n) is 3.31. The summed E-state index contributed by atoms with van der Waals surface area (Å²) in [7, 11) is 3.79. The molecule has 150 valence electrons. The first-order valence-corrected chi connectivity index (χ1v) is 9.76. The molecule has 1 fully saturated rings. The van der Waals surface area contributed by atoms with Gasteiger partial charge >= 0.3 is 6.09 Å². The molecule has 0 spiro atoms. The van der Waals surface area contributed by atoms with Gasteiger partial charge in [-0.1, -0.05) is 47.5 Å². The van der Waals surface area contributed by atoms with Gasteiger partial charge in [0.1, 0.15) is 6.61 Å². The Labute approximate surface area is 158 Å². The molecular formula is C20H37N3O3. The van der Waals surface area contributed by atoms with Crippen LogP contribution >= 0.6 is 0 Å². The van der Waals surface area contributed by atoms with Gasteiger partial charge in [-0.15, -0.1) is 0 Å². The van der Waals surface area contributed by atoms with E-state index in [2.05, 4.69) is 18.9 Å². The summed E-state index contributed by atoms with van der Waals surface area (Å²) in [6.07, 6.45) is 5.90. The Morgan fingerprint density at radius 1 is 1.42 bits per heavy atom. The van der Waals surface area contributed by atoms with Gasteiger partial charge in [0, 0.05) is 26.7 Å². The highest BCUT2D eigenvalue weighted by molar-refractivity contribution is 5.93. The summed E-state index contributed by atoms with van der Waals surface area (Å²) in [6, 6.07) is -0.193. The van der Waals surface area contributed by atoms with Crippen molar-refractivity contribution in [3.8, 4) is 0 Å². The summed E-state index contributed by atoms with van der Waals surface area (Å²) in [6.45, 7) is 10.7. The number of rotatable bonds is 9. The molecule has 0 unspecified atom stereocenters. The summed E-state index contributed by atoms with van der Waals surface area (Å²) in [5, 5.41) is 6.08. The number of ether oxygens (including phenoxy) is 1. The molecule has 6 heteroatoms. The summed E-state index contributed by atoms with van der Waals surface area (Å²) < 4.78 is 5.17. The molecule has 1 aliphatic rings. The van der Waals surface area contributed by atoms with E-state index in [4.69, 9.17) is 4.74 Å². The van der Waals surface area contributed by atoms with Crippen LogP contribution in [-0.4, -0.2) is 54.9 Å². The topological polar surface area (TPSA) is 62.2 Å². The van der Waals surface area contributed by atoms with Crippen molar-refractivity contribution in [1.29, 1.82) is 0 Å². The van der Waals surface area contributed by atoms with Crippen molar-refractivity contribution in [1.82, 2.24) is 9.91 Å². The second kappa shape index (κ2) is 9.93. The largest absolute Gasteiger partial charge is 0.447 e. The number of imide groups is 1. The number of cyclic esters (lactones) is 1. The molecule has 1 heterocycles. The number of hydrazone groups is 1. The third-order valence-electron chi connectivity index (χ3n) is 4.83. The molecule has 0 aromatic rings. The molecule has 1 aliphatic heterocycles. The highest BCUT2D eigenvalue weighted by atomic mass is 16.6. The SMILES string of the molecule is CCCC[C@@H](CC(=O)N1C(=O)OC[C@@H]1C(C)(C)C)C[C@H](C)/C=N/N(C)C. The third kappa shape index (κ3) is 6.96. The van der Waals surface area contributed by atoms with Crippen LogP contribution in [0.2, 0.25) is 0 Å². The zero-order valence-corrected chi connectivity index (χ0v) is 17.6. The summed E-state index contributed by atoms with van der Waals surface area (Å²) in [4.78, 5) is 26.4. The summed E-state index contributed by atoms with van der Waals surface area (Å²) in [5.74, 6) is 0.432. The number of unbranched alkanes of at least 4 members (excludes halogenated alkanes) is 1. The normalized spacial score (nSPS) is 20.3. The van der Waals surface area contributed by atoms with Gasteiger partial charge in [-0.25, -0.2) is 9.69 Å². The van der Waals surface area contributed by atoms with Gasteiger partial charge in [0.15, 0.2) is 0 Å². The van der Waals surface area contributed by atoms with Crippen molar-refractivity contribution in [2.45, 2.75) is 72.8 Å². The second-order valence-corrected chi connectivity index (χ2v) is 8.76. The fourth-order valence-corrected chi connectivity index (χ4v) is 3.31. The molecule has 0 aromatic heterocycles. The zero-order chi connectivity index (χ0) is 19.9. The lowest BCUT2D eigenvalue weighted by Gasteiger charge is -2.31. The molecule has 26 heavy (non-hydrogen) atoms. The van der Waals surface area contributed by atoms with E-state index in [0.717, 1.165) is 25.7 Å². The maximum absolute atomic E-state index is 12.9. The van der Waals surface area contributed by atoms with Crippen LogP contribution < -0.4 is 0 Å². The Kier molecular flexibility index (Phi) is 8.57. The number of nitrogens with zero attached hydrogens (tertiary/aromatic N) is 3. The van der Waals surface area contributed by atoms with Crippen molar-refractivity contribution < 1.29 is 14.3 Å². The second-order valence-electron chi connectivity index (χ2n) is 8.76. The minimum Gasteiger partial charge on any atom is -0.447 e. The van der Waals surface area contributed by atoms with E-state index in [1.165, 1.54) is 4.90 Å². The molecule has 1 saturated heterocycles. The monoisotopic (exact) mass is 367 g/mol. The van der Waals surface area contributed by atoms with Gasteiger partial charge < -0.3 is 9.75 Å². The van der Waals surface area contributed by atoms with Crippen LogP contribution in [0.4, 0.5) is 4.79 Å². The van der Waals surface area contributed by atoms with Crippen LogP contribution in [0.5, 0.6) is 0 Å². The lowest BCUT2D eigenvalue weighted by atomic mass is 9.85. The van der Waals surface area contributed by atoms with E-state index in [0.29, 0.717) is 13.0 Å². The quantitative estimate of drug-likeness (QED) is 0.454. The zero-order valence-electron chi connectivity index (χ0n) is 17.6. The van der Waals surface area contributed by atoms with Gasteiger partial charge in [-0.2, -0.15) is 5.10 Å². The Balaban J connectivity index is 2.79. The first kappa shape index (κ1) is 22.5. The van der Waals surface area contributed by atoms with Crippen LogP contribution in [-0.2, 0) is 9.53 Å². The maximum atomic E-state index is 12.9. The molecule has 1 rings (SSSR count). The maximum Gasteiger partial charge on any atom is 0.416 e. The third-order valence-corrected chi connectivity index (χ3v) is 4.83. The Morgan fingerprint density at radius 2 is 2.08 bits per heavy atom. The van der Waals surface area contributed by atoms with Crippen molar-refractivity contribution in [2.75, 3.05) is 20.7 Å². The van der Waals surface area contributed by atoms with Crippen LogP contribution in [0, 0.1) is 17.3 Å². The summed E-state index contributed by atoms with van der Waals surface area (Å²) in [5.41, 5.74) is -0.188. The molecule has 0 aliphatic carbocycles. The average Bonchev–Trinajstić information content (AvgIpc) is 2.92. The lowest BCUT2D eigenvalue weighted by molar-refractivity contribution is -0.131. The number of carbonyl (C=O) groups is 2. The molecular weight excluding hydrogens is 330 g/mol. The number of hydrogen-bond donors (Lipinski definition) is 0. The highest BCUT2D eigenvalue weighted by Gasteiger charge is 2.44. The van der Waals surface area contributed by atoms with Gasteiger partial charge in [-0.3, -0.25) is 4.79 Å². The van der Waals surface area contributed by atoms with Crippen molar-refractivity contribution in [2.24, 2.45) is 22.4 Å². The standard InChI is InChI=1S/C20H37N3O3/c1-8-9-10-16(11-15(2)13-21-22(6)7)12-18(24)23-17(20(3,4)5)14-26-19(23)25/h13,15-17H,8-12,14H2,1-7H3/b21-13+/t15-,16+,17+/m0/s1. The van der Waals surface area contributed by atoms with Crippen LogP contribution in [0.1, 0.15) is 66.7 Å². The van der Waals surface area contributed by atoms with Crippen molar-refractivity contribution in [3.05, 3.63) is 0 Å². The number of carbonyl (C=O) groups excluding carboxylic acids is 2. The van der Waals surface area contributed by atoms with Crippen molar-refractivity contribution in [3.63, 3.8) is 0 Å². The van der Waals surface area contributed by atoms with E-state index in [9.17, 15) is 9.59 Å². The Morgan fingerprint density at radius 3 is 2.62 bits per heavy atom. The Bertz CT molecular complexity index is 497. The summed E-state index contributed by atoms with van der Waals surface area (Å²) >= 11 is 0. The number of hydrogen-bond acceptors (Lipinski definition) is 5. The molecule has 0 N–H and O–H groups in total. The first-order valence-electron chi connectivity index (χ1n) is 9.76. The van der Waals surface area contributed by atoms with Crippen LogP contribution in [0.3, 0.4) is 0 Å². The van der Waals surface area contributed by atoms with Gasteiger partial charge in [-0.05, 0) is 30.1 Å². The van der Waals surface area contributed by atoms with E-state index in [-0.39, 0.29) is 29.2 Å². The van der Waals surface area contributed by atoms with Crippen molar-refractivity contribution >= 4 is 18.2 Å². The molecule has 0 saturated carbocycles. The predicted octanol–water partition coefficient (Wildman–Crippen LogP) is 4.15. The van der Waals surface area contributed by atoms with Crippen LogP contribution in [0.25, 0.3) is 0 Å². The van der Waals surface area contributed by atoms with Gasteiger partial charge in [0.25, 0.3) is 0 Å². The molecule has 6 nitrogen and oxygen atoms in total. The molecule has 3 atom stereocenters. The smallest absolute Gasteiger partial charge is 0.416 e. The molecule has 0 bridgehead atoms. The molecule has 0 aromatic carbocycles. The molecule has 2 amide bonds.